The smallest absolute Gasteiger partial charge is 0.328 e. The molecule has 0 radical (unpaired) electrons. The predicted octanol–water partition coefficient (Wildman–Crippen LogP) is 3.01. The molecule has 1 N–H and O–H groups in total. The van der Waals surface area contributed by atoms with Gasteiger partial charge < -0.3 is 9.84 Å². The molecule has 0 amide bonds. The van der Waals surface area contributed by atoms with E-state index in [1.807, 2.05) is 13.8 Å². The molecule has 0 spiro atoms. The van der Waals surface area contributed by atoms with Crippen LogP contribution in [0, 0.1) is 6.92 Å². The minimum atomic E-state index is -1.03. The van der Waals surface area contributed by atoms with Gasteiger partial charge in [-0.1, -0.05) is 11.6 Å². The normalized spacial score (nSPS) is 11.8. The summed E-state index contributed by atoms with van der Waals surface area (Å²) in [6, 6.07) is 3.55. The van der Waals surface area contributed by atoms with Crippen LogP contribution >= 0.6 is 11.6 Å². The quantitative estimate of drug-likeness (QED) is 0.833. The van der Waals surface area contributed by atoms with Crippen molar-refractivity contribution >= 4 is 23.6 Å². The molecule has 0 fully saturated rings. The third-order valence-electron chi connectivity index (χ3n) is 2.05. The molecule has 0 bridgehead atoms. The number of aromatic nitrogens is 1. The van der Waals surface area contributed by atoms with Crippen molar-refractivity contribution in [3.05, 3.63) is 40.7 Å². The Balaban J connectivity index is 2.92. The fourth-order valence-electron chi connectivity index (χ4n) is 1.18. The summed E-state index contributed by atoms with van der Waals surface area (Å²) < 4.78 is 5.52. The fourth-order valence-corrected chi connectivity index (χ4v) is 1.24. The Morgan fingerprint density at radius 2 is 2.28 bits per heavy atom. The van der Waals surface area contributed by atoms with Gasteiger partial charge in [0.05, 0.1) is 0 Å². The summed E-state index contributed by atoms with van der Waals surface area (Å²) in [4.78, 5) is 14.7. The number of hydrogen-bond donors (Lipinski definition) is 1. The van der Waals surface area contributed by atoms with Crippen LogP contribution in [-0.2, 0) is 4.79 Å². The molecule has 1 rings (SSSR count). The summed E-state index contributed by atoms with van der Waals surface area (Å²) in [7, 11) is 0. The van der Waals surface area contributed by atoms with Gasteiger partial charge in [0.2, 0.25) is 0 Å². The van der Waals surface area contributed by atoms with E-state index in [2.05, 4.69) is 4.98 Å². The van der Waals surface area contributed by atoms with E-state index < -0.39 is 5.97 Å². The Labute approximate surface area is 111 Å². The number of pyridine rings is 1. The number of rotatable bonds is 5. The highest BCUT2D eigenvalue weighted by molar-refractivity contribution is 6.25. The van der Waals surface area contributed by atoms with Gasteiger partial charge in [-0.2, -0.15) is 0 Å². The average molecular weight is 268 g/mol. The number of nitrogens with zero attached hydrogens (tertiary/aromatic N) is 1. The molecule has 4 nitrogen and oxygen atoms in total. The van der Waals surface area contributed by atoms with E-state index in [1.165, 1.54) is 11.6 Å². The van der Waals surface area contributed by atoms with Crippen molar-refractivity contribution in [2.75, 3.05) is 6.61 Å². The zero-order chi connectivity index (χ0) is 13.5. The van der Waals surface area contributed by atoms with Crippen LogP contribution < -0.4 is 4.74 Å². The van der Waals surface area contributed by atoms with Gasteiger partial charge in [-0.25, -0.2) is 9.78 Å². The molecule has 0 atom stereocenters. The summed E-state index contributed by atoms with van der Waals surface area (Å²) in [5, 5.41) is 8.61. The van der Waals surface area contributed by atoms with E-state index in [9.17, 15) is 4.79 Å². The summed E-state index contributed by atoms with van der Waals surface area (Å²) in [5.74, 6) is -0.503. The molecule has 0 saturated heterocycles. The molecule has 0 aliphatic carbocycles. The van der Waals surface area contributed by atoms with Gasteiger partial charge in [0.25, 0.3) is 0 Å². The second kappa shape index (κ2) is 6.81. The van der Waals surface area contributed by atoms with Crippen molar-refractivity contribution in [1.82, 2.24) is 4.98 Å². The monoisotopic (exact) mass is 267 g/mol. The Morgan fingerprint density at radius 3 is 2.89 bits per heavy atom. The highest BCUT2D eigenvalue weighted by atomic mass is 35.5. The highest BCUT2D eigenvalue weighted by Crippen LogP contribution is 2.19. The van der Waals surface area contributed by atoms with Crippen LogP contribution in [-0.4, -0.2) is 22.7 Å². The largest absolute Gasteiger partial charge is 0.487 e. The first kappa shape index (κ1) is 14.3. The first-order chi connectivity index (χ1) is 8.52. The van der Waals surface area contributed by atoms with Gasteiger partial charge in [-0.15, -0.1) is 0 Å². The van der Waals surface area contributed by atoms with Crippen molar-refractivity contribution in [2.24, 2.45) is 0 Å². The molecule has 0 aliphatic rings. The van der Waals surface area contributed by atoms with Gasteiger partial charge >= 0.3 is 5.97 Å². The van der Waals surface area contributed by atoms with Gasteiger partial charge in [0, 0.05) is 17.3 Å². The maximum Gasteiger partial charge on any atom is 0.328 e. The minimum absolute atomic E-state index is 0.335. The Morgan fingerprint density at radius 1 is 1.56 bits per heavy atom. The molecule has 0 unspecified atom stereocenters. The van der Waals surface area contributed by atoms with Crippen LogP contribution in [0.2, 0.25) is 0 Å². The van der Waals surface area contributed by atoms with Crippen LogP contribution in [0.5, 0.6) is 5.75 Å². The predicted molar refractivity (Wildman–Crippen MR) is 70.7 cm³/mol. The summed E-state index contributed by atoms with van der Waals surface area (Å²) in [5.41, 5.74) is 3.58. The SMILES string of the molecule is C/C(=C/Cl)COc1ccc(C)nc1/C=C/C(=O)O. The number of aliphatic carboxylic acids is 1. The molecule has 1 aromatic rings. The number of carboxylic acid groups (broad SMARTS) is 1. The summed E-state index contributed by atoms with van der Waals surface area (Å²) >= 11 is 5.54. The number of halogens is 1. The first-order valence-corrected chi connectivity index (χ1v) is 5.74. The molecular weight excluding hydrogens is 254 g/mol. The van der Waals surface area contributed by atoms with Crippen LogP contribution in [0.4, 0.5) is 0 Å². The van der Waals surface area contributed by atoms with Crippen LogP contribution in [0.3, 0.4) is 0 Å². The molecule has 5 heteroatoms. The van der Waals surface area contributed by atoms with Gasteiger partial charge in [0.1, 0.15) is 18.1 Å². The zero-order valence-corrected chi connectivity index (χ0v) is 10.9. The Kier molecular flexibility index (Phi) is 5.39. The van der Waals surface area contributed by atoms with Crippen LogP contribution in [0.15, 0.2) is 29.3 Å². The molecular formula is C13H14ClNO3. The topological polar surface area (TPSA) is 59.4 Å². The standard InChI is InChI=1S/C13H14ClNO3/c1-9(7-14)8-18-12-5-3-10(2)15-11(12)4-6-13(16)17/h3-7H,8H2,1-2H3,(H,16,17)/b6-4+,9-7-. The van der Waals surface area contributed by atoms with Gasteiger partial charge in [0.15, 0.2) is 0 Å². The van der Waals surface area contributed by atoms with Crippen molar-refractivity contribution in [3.63, 3.8) is 0 Å². The Bertz CT molecular complexity index is 495. The van der Waals surface area contributed by atoms with E-state index in [-0.39, 0.29) is 0 Å². The van der Waals surface area contributed by atoms with E-state index in [4.69, 9.17) is 21.4 Å². The zero-order valence-electron chi connectivity index (χ0n) is 10.2. The maximum absolute atomic E-state index is 10.5. The van der Waals surface area contributed by atoms with Crippen LogP contribution in [0.1, 0.15) is 18.3 Å². The molecule has 0 aliphatic heterocycles. The number of hydrogen-bond acceptors (Lipinski definition) is 3. The maximum atomic E-state index is 10.5. The third-order valence-corrected chi connectivity index (χ3v) is 2.42. The Hall–Kier alpha value is -1.81. The van der Waals surface area contributed by atoms with Gasteiger partial charge in [-0.3, -0.25) is 0 Å². The lowest BCUT2D eigenvalue weighted by atomic mass is 10.2. The number of carbonyl (C=O) groups is 1. The highest BCUT2D eigenvalue weighted by Gasteiger charge is 2.04. The fraction of sp³-hybridized carbons (Fsp3) is 0.231. The van der Waals surface area contributed by atoms with Crippen LogP contribution in [0.25, 0.3) is 6.08 Å². The summed E-state index contributed by atoms with van der Waals surface area (Å²) in [6.45, 7) is 4.00. The van der Waals surface area contributed by atoms with Crippen molar-refractivity contribution in [1.29, 1.82) is 0 Å². The number of aryl methyl sites for hydroxylation is 1. The second-order valence-corrected chi connectivity index (χ2v) is 3.97. The molecule has 0 saturated carbocycles. The number of ether oxygens (including phenoxy) is 1. The third kappa shape index (κ3) is 4.59. The lowest BCUT2D eigenvalue weighted by molar-refractivity contribution is -0.131. The van der Waals surface area contributed by atoms with E-state index in [1.54, 1.807) is 12.1 Å². The molecule has 1 aromatic heterocycles. The molecule has 1 heterocycles. The summed E-state index contributed by atoms with van der Waals surface area (Å²) in [6.07, 6.45) is 2.43. The number of carboxylic acids is 1. The lowest BCUT2D eigenvalue weighted by Crippen LogP contribution is -2.01. The van der Waals surface area contributed by atoms with E-state index in [0.29, 0.717) is 18.1 Å². The van der Waals surface area contributed by atoms with Gasteiger partial charge in [-0.05, 0) is 37.6 Å². The first-order valence-electron chi connectivity index (χ1n) is 5.30. The molecule has 18 heavy (non-hydrogen) atoms. The second-order valence-electron chi connectivity index (χ2n) is 3.75. The lowest BCUT2D eigenvalue weighted by Gasteiger charge is -2.09. The minimum Gasteiger partial charge on any atom is -0.487 e. The molecule has 0 aromatic carbocycles. The van der Waals surface area contributed by atoms with Crippen molar-refractivity contribution < 1.29 is 14.6 Å². The van der Waals surface area contributed by atoms with Crippen molar-refractivity contribution in [2.45, 2.75) is 13.8 Å². The molecule has 96 valence electrons. The van der Waals surface area contributed by atoms with E-state index >= 15 is 0 Å². The average Bonchev–Trinajstić information content (AvgIpc) is 2.34. The van der Waals surface area contributed by atoms with E-state index in [0.717, 1.165) is 17.3 Å². The van der Waals surface area contributed by atoms with Crippen molar-refractivity contribution in [3.8, 4) is 5.75 Å².